The van der Waals surface area contributed by atoms with Crippen LogP contribution in [0.5, 0.6) is 5.75 Å². The Bertz CT molecular complexity index is 1800. The van der Waals surface area contributed by atoms with E-state index in [1.54, 1.807) is 16.7 Å². The first kappa shape index (κ1) is 23.4. The van der Waals surface area contributed by atoms with Crippen LogP contribution in [0.4, 0.5) is 5.69 Å². The van der Waals surface area contributed by atoms with E-state index in [4.69, 9.17) is 21.3 Å². The molecule has 37 heavy (non-hydrogen) atoms. The molecule has 3 aromatic carbocycles. The normalized spacial score (nSPS) is 16.5. The number of aryl methyl sites for hydroxylation is 1. The van der Waals surface area contributed by atoms with E-state index in [2.05, 4.69) is 12.1 Å². The number of thiazole rings is 1. The highest BCUT2D eigenvalue weighted by molar-refractivity contribution is 7.07. The minimum absolute atomic E-state index is 0.161. The Kier molecular flexibility index (Phi) is 5.78. The summed E-state index contributed by atoms with van der Waals surface area (Å²) in [5, 5.41) is 12.1. The molecule has 0 unspecified atom stereocenters. The van der Waals surface area contributed by atoms with E-state index in [0.717, 1.165) is 35.2 Å². The molecule has 184 valence electrons. The van der Waals surface area contributed by atoms with Gasteiger partial charge in [0.25, 0.3) is 5.56 Å². The van der Waals surface area contributed by atoms with Gasteiger partial charge < -0.3 is 4.74 Å². The maximum atomic E-state index is 13.8. The summed E-state index contributed by atoms with van der Waals surface area (Å²) in [5.41, 5.74) is 5.25. The standard InChI is InChI=1S/C28H20ClN3O4S/c1-36-23-13-10-16(14-22(23)32(34)35)15-24-27(33)31-26(19-8-4-5-9-21(19)29)20-12-11-17-6-2-3-7-18(17)25(20)30-28(31)37-24/h2-10,13-15,26H,11-12H2,1H3/t26-/m1/s1. The van der Waals surface area contributed by atoms with E-state index in [9.17, 15) is 14.9 Å². The monoisotopic (exact) mass is 529 g/mol. The second kappa shape index (κ2) is 9.14. The van der Waals surface area contributed by atoms with Crippen molar-refractivity contribution in [2.75, 3.05) is 7.11 Å². The summed E-state index contributed by atoms with van der Waals surface area (Å²) in [4.78, 5) is 30.4. The van der Waals surface area contributed by atoms with Crippen LogP contribution in [0.25, 0.3) is 11.8 Å². The van der Waals surface area contributed by atoms with Crippen molar-refractivity contribution in [3.05, 3.63) is 129 Å². The molecule has 1 aromatic heterocycles. The maximum absolute atomic E-state index is 13.8. The number of hydrogen-bond acceptors (Lipinski definition) is 6. The Morgan fingerprint density at radius 3 is 2.70 bits per heavy atom. The summed E-state index contributed by atoms with van der Waals surface area (Å²) in [5.74, 6) is 0.161. The van der Waals surface area contributed by atoms with Gasteiger partial charge in [-0.25, -0.2) is 4.99 Å². The Morgan fingerprint density at radius 1 is 1.14 bits per heavy atom. The van der Waals surface area contributed by atoms with E-state index in [1.807, 2.05) is 36.4 Å². The van der Waals surface area contributed by atoms with Crippen molar-refractivity contribution in [1.29, 1.82) is 0 Å². The van der Waals surface area contributed by atoms with Gasteiger partial charge in [-0.1, -0.05) is 71.5 Å². The first-order valence-corrected chi connectivity index (χ1v) is 12.9. The lowest BCUT2D eigenvalue weighted by Gasteiger charge is -2.31. The molecule has 1 aliphatic heterocycles. The van der Waals surface area contributed by atoms with Crippen molar-refractivity contribution >= 4 is 40.4 Å². The summed E-state index contributed by atoms with van der Waals surface area (Å²) >= 11 is 7.94. The number of nitrogens with zero attached hydrogens (tertiary/aromatic N) is 3. The lowest BCUT2D eigenvalue weighted by atomic mass is 9.83. The van der Waals surface area contributed by atoms with Crippen molar-refractivity contribution in [1.82, 2.24) is 4.57 Å². The van der Waals surface area contributed by atoms with Crippen LogP contribution in [0.1, 0.15) is 34.7 Å². The largest absolute Gasteiger partial charge is 0.490 e. The van der Waals surface area contributed by atoms with Crippen LogP contribution in [0.2, 0.25) is 5.02 Å². The van der Waals surface area contributed by atoms with Gasteiger partial charge in [-0.2, -0.15) is 0 Å². The number of hydrogen-bond donors (Lipinski definition) is 0. The summed E-state index contributed by atoms with van der Waals surface area (Å²) in [7, 11) is 1.38. The zero-order chi connectivity index (χ0) is 25.7. The van der Waals surface area contributed by atoms with Crippen molar-refractivity contribution in [3.8, 4) is 5.75 Å². The van der Waals surface area contributed by atoms with E-state index in [0.29, 0.717) is 19.9 Å². The number of aromatic nitrogens is 1. The number of benzene rings is 3. The summed E-state index contributed by atoms with van der Waals surface area (Å²) in [6.45, 7) is 0. The Balaban J connectivity index is 1.60. The zero-order valence-electron chi connectivity index (χ0n) is 19.7. The van der Waals surface area contributed by atoms with Crippen LogP contribution in [-0.4, -0.2) is 16.6 Å². The number of halogens is 1. The molecule has 2 heterocycles. The van der Waals surface area contributed by atoms with Gasteiger partial charge in [0, 0.05) is 16.7 Å². The number of methoxy groups -OCH3 is 1. The number of nitro groups is 1. The van der Waals surface area contributed by atoms with Crippen LogP contribution >= 0.6 is 22.9 Å². The average Bonchev–Trinajstić information content (AvgIpc) is 3.22. The molecule has 0 amide bonds. The fourth-order valence-electron chi connectivity index (χ4n) is 5.09. The number of fused-ring (bicyclic) bond motifs is 3. The van der Waals surface area contributed by atoms with Gasteiger partial charge in [-0.15, -0.1) is 0 Å². The van der Waals surface area contributed by atoms with Gasteiger partial charge in [0.05, 0.1) is 28.3 Å². The lowest BCUT2D eigenvalue weighted by Crippen LogP contribution is -2.38. The first-order chi connectivity index (χ1) is 18.0. The highest BCUT2D eigenvalue weighted by Gasteiger charge is 2.33. The predicted molar refractivity (Wildman–Crippen MR) is 144 cm³/mol. The molecule has 1 atom stereocenters. The fourth-order valence-corrected chi connectivity index (χ4v) is 6.33. The number of ether oxygens (including phenoxy) is 1. The number of rotatable bonds is 4. The third-order valence-corrected chi connectivity index (χ3v) is 8.10. The van der Waals surface area contributed by atoms with Crippen molar-refractivity contribution < 1.29 is 9.66 Å². The van der Waals surface area contributed by atoms with Gasteiger partial charge in [-0.3, -0.25) is 19.5 Å². The Hall–Kier alpha value is -4.01. The summed E-state index contributed by atoms with van der Waals surface area (Å²) < 4.78 is 7.25. The first-order valence-electron chi connectivity index (χ1n) is 11.7. The van der Waals surface area contributed by atoms with E-state index < -0.39 is 4.92 Å². The predicted octanol–water partition coefficient (Wildman–Crippen LogP) is 4.89. The van der Waals surface area contributed by atoms with Crippen LogP contribution < -0.4 is 19.6 Å². The molecule has 6 rings (SSSR count). The fraction of sp³-hybridized carbons (Fsp3) is 0.143. The number of nitro benzene ring substituents is 1. The molecular formula is C28H20ClN3O4S. The molecule has 9 heteroatoms. The minimum atomic E-state index is -0.499. The molecular weight excluding hydrogens is 510 g/mol. The second-order valence-electron chi connectivity index (χ2n) is 8.82. The molecule has 2 aliphatic rings. The molecule has 4 aromatic rings. The summed E-state index contributed by atoms with van der Waals surface area (Å²) in [6, 6.07) is 20.0. The van der Waals surface area contributed by atoms with Gasteiger partial charge in [-0.05, 0) is 53.3 Å². The SMILES string of the molecule is COc1ccc(C=c2sc3n(c2=O)[C@H](c2ccccc2Cl)C2=C(N=3)c3ccccc3CC2)cc1[N+](=O)[O-]. The van der Waals surface area contributed by atoms with Crippen molar-refractivity contribution in [2.45, 2.75) is 18.9 Å². The molecule has 0 saturated heterocycles. The molecule has 0 saturated carbocycles. The van der Waals surface area contributed by atoms with Crippen LogP contribution in [0, 0.1) is 10.1 Å². The lowest BCUT2D eigenvalue weighted by molar-refractivity contribution is -0.385. The molecule has 0 N–H and O–H groups in total. The van der Waals surface area contributed by atoms with E-state index >= 15 is 0 Å². The topological polar surface area (TPSA) is 86.7 Å². The third-order valence-electron chi connectivity index (χ3n) is 6.77. The van der Waals surface area contributed by atoms with Crippen molar-refractivity contribution in [3.63, 3.8) is 0 Å². The Morgan fingerprint density at radius 2 is 1.92 bits per heavy atom. The van der Waals surface area contributed by atoms with Crippen LogP contribution in [0.15, 0.2) is 82.1 Å². The minimum Gasteiger partial charge on any atom is -0.490 e. The highest BCUT2D eigenvalue weighted by Crippen LogP contribution is 2.42. The van der Waals surface area contributed by atoms with E-state index in [-0.39, 0.29) is 23.0 Å². The average molecular weight is 530 g/mol. The smallest absolute Gasteiger partial charge is 0.311 e. The van der Waals surface area contributed by atoms with Gasteiger partial charge in [0.1, 0.15) is 0 Å². The van der Waals surface area contributed by atoms with Gasteiger partial charge in [0.15, 0.2) is 10.6 Å². The molecule has 1 aliphatic carbocycles. The molecule has 0 fully saturated rings. The third kappa shape index (κ3) is 3.89. The molecule has 7 nitrogen and oxygen atoms in total. The number of allylic oxidation sites excluding steroid dienone is 1. The quantitative estimate of drug-likeness (QED) is 0.278. The zero-order valence-corrected chi connectivity index (χ0v) is 21.3. The Labute approximate surface area is 220 Å². The second-order valence-corrected chi connectivity index (χ2v) is 10.2. The van der Waals surface area contributed by atoms with Crippen LogP contribution in [-0.2, 0) is 6.42 Å². The van der Waals surface area contributed by atoms with Crippen molar-refractivity contribution in [2.24, 2.45) is 4.99 Å². The van der Waals surface area contributed by atoms with Crippen LogP contribution in [0.3, 0.4) is 0 Å². The molecule has 0 bridgehead atoms. The maximum Gasteiger partial charge on any atom is 0.311 e. The molecule has 0 radical (unpaired) electrons. The van der Waals surface area contributed by atoms with Gasteiger partial charge in [0.2, 0.25) is 0 Å². The van der Waals surface area contributed by atoms with E-state index in [1.165, 1.54) is 36.1 Å². The van der Waals surface area contributed by atoms with Gasteiger partial charge >= 0.3 is 5.69 Å². The summed E-state index contributed by atoms with van der Waals surface area (Å²) in [6.07, 6.45) is 3.28. The highest BCUT2D eigenvalue weighted by atomic mass is 35.5. The molecule has 0 spiro atoms.